The maximum absolute atomic E-state index is 12.1. The molecule has 1 aliphatic heterocycles. The topological polar surface area (TPSA) is 76.4 Å². The molecule has 3 aromatic heterocycles. The second-order valence-electron chi connectivity index (χ2n) is 7.84. The molecule has 0 amide bonds. The number of ether oxygens (including phenoxy) is 1. The summed E-state index contributed by atoms with van der Waals surface area (Å²) < 4.78 is 7.86. The van der Waals surface area contributed by atoms with Crippen molar-refractivity contribution in [1.82, 2.24) is 24.4 Å². The van der Waals surface area contributed by atoms with Crippen LogP contribution in [0.5, 0.6) is 6.01 Å². The molecule has 1 fully saturated rings. The molecule has 4 heterocycles. The Kier molecular flexibility index (Phi) is 6.06. The van der Waals surface area contributed by atoms with E-state index in [2.05, 4.69) is 52.8 Å². The second kappa shape index (κ2) is 9.29. The van der Waals surface area contributed by atoms with Crippen LogP contribution in [0.1, 0.15) is 6.17 Å². The Labute approximate surface area is 200 Å². The largest absolute Gasteiger partial charge is 0.467 e. The van der Waals surface area contributed by atoms with E-state index < -0.39 is 0 Å². The van der Waals surface area contributed by atoms with Gasteiger partial charge in [-0.25, -0.2) is 15.0 Å². The fourth-order valence-corrected chi connectivity index (χ4v) is 4.68. The molecule has 1 aliphatic rings. The summed E-state index contributed by atoms with van der Waals surface area (Å²) >= 11 is 3.44. The van der Waals surface area contributed by atoms with E-state index in [4.69, 9.17) is 4.74 Å². The molecule has 8 nitrogen and oxygen atoms in total. The minimum Gasteiger partial charge on any atom is -0.467 e. The Morgan fingerprint density at radius 2 is 1.79 bits per heavy atom. The highest BCUT2D eigenvalue weighted by atomic mass is 79.9. The SMILES string of the molecule is COc1ncc(-c2ccccc2N2CCN(C(C=O)n3ccc4cnc(Br)cc43)CC2)cn1. The summed E-state index contributed by atoms with van der Waals surface area (Å²) in [6.07, 6.45) is 8.01. The standard InChI is InChI=1S/C24H23BrN6O2/c1-33-24-27-14-18(15-28-24)19-4-2-3-5-20(19)29-8-10-30(11-9-29)23(16-32)31-7-6-17-13-26-22(25)12-21(17)31/h2-7,12-16,23H,8-11H2,1H3. The molecule has 0 saturated carbocycles. The number of anilines is 1. The van der Waals surface area contributed by atoms with Crippen LogP contribution in [0.4, 0.5) is 5.69 Å². The van der Waals surface area contributed by atoms with Gasteiger partial charge < -0.3 is 14.2 Å². The third kappa shape index (κ3) is 4.21. The highest BCUT2D eigenvalue weighted by Crippen LogP contribution is 2.32. The van der Waals surface area contributed by atoms with Crippen LogP contribution in [-0.2, 0) is 4.79 Å². The van der Waals surface area contributed by atoms with Crippen molar-refractivity contribution in [2.24, 2.45) is 0 Å². The van der Waals surface area contributed by atoms with Crippen LogP contribution in [0, 0.1) is 0 Å². The first-order valence-corrected chi connectivity index (χ1v) is 11.5. The molecule has 5 rings (SSSR count). The molecule has 9 heteroatoms. The molecule has 1 saturated heterocycles. The number of carbonyl (C=O) groups excluding carboxylic acids is 1. The van der Waals surface area contributed by atoms with Gasteiger partial charge in [0.1, 0.15) is 10.8 Å². The molecule has 4 aromatic rings. The Morgan fingerprint density at radius 1 is 1.03 bits per heavy atom. The number of rotatable bonds is 6. The molecule has 0 bridgehead atoms. The van der Waals surface area contributed by atoms with Gasteiger partial charge in [-0.1, -0.05) is 18.2 Å². The molecule has 33 heavy (non-hydrogen) atoms. The van der Waals surface area contributed by atoms with Crippen LogP contribution in [0.2, 0.25) is 0 Å². The average Bonchev–Trinajstić information content (AvgIpc) is 3.28. The number of aldehydes is 1. The quantitative estimate of drug-likeness (QED) is 0.291. The van der Waals surface area contributed by atoms with Crippen LogP contribution in [0.15, 0.2) is 65.8 Å². The zero-order valence-electron chi connectivity index (χ0n) is 18.1. The fourth-order valence-electron chi connectivity index (χ4n) is 4.36. The molecule has 168 valence electrons. The number of para-hydroxylation sites is 1. The van der Waals surface area contributed by atoms with Crippen LogP contribution in [0.3, 0.4) is 0 Å². The lowest BCUT2D eigenvalue weighted by molar-refractivity contribution is -0.115. The number of hydrogen-bond acceptors (Lipinski definition) is 7. The van der Waals surface area contributed by atoms with Crippen LogP contribution in [0.25, 0.3) is 22.0 Å². The van der Waals surface area contributed by atoms with Gasteiger partial charge in [0.15, 0.2) is 6.29 Å². The molecule has 0 radical (unpaired) electrons. The van der Waals surface area contributed by atoms with Gasteiger partial charge in [-0.2, -0.15) is 0 Å². The van der Waals surface area contributed by atoms with Gasteiger partial charge in [0.25, 0.3) is 0 Å². The highest BCUT2D eigenvalue weighted by molar-refractivity contribution is 9.10. The minimum absolute atomic E-state index is 0.352. The molecule has 0 aliphatic carbocycles. The zero-order valence-corrected chi connectivity index (χ0v) is 19.7. The number of benzene rings is 1. The monoisotopic (exact) mass is 506 g/mol. The van der Waals surface area contributed by atoms with E-state index in [1.165, 1.54) is 0 Å². The molecule has 0 N–H and O–H groups in total. The van der Waals surface area contributed by atoms with E-state index in [0.717, 1.165) is 64.8 Å². The first-order chi connectivity index (χ1) is 16.2. The van der Waals surface area contributed by atoms with Crippen LogP contribution < -0.4 is 9.64 Å². The van der Waals surface area contributed by atoms with Crippen molar-refractivity contribution in [3.63, 3.8) is 0 Å². The lowest BCUT2D eigenvalue weighted by Crippen LogP contribution is -2.49. The van der Waals surface area contributed by atoms with Crippen LogP contribution >= 0.6 is 15.9 Å². The Hall–Kier alpha value is -3.30. The van der Waals surface area contributed by atoms with E-state index >= 15 is 0 Å². The number of pyridine rings is 1. The summed E-state index contributed by atoms with van der Waals surface area (Å²) in [7, 11) is 1.56. The van der Waals surface area contributed by atoms with Crippen molar-refractivity contribution in [3.8, 4) is 17.1 Å². The maximum Gasteiger partial charge on any atom is 0.316 e. The molecule has 1 unspecified atom stereocenters. The molecule has 0 spiro atoms. The summed E-state index contributed by atoms with van der Waals surface area (Å²) in [5.41, 5.74) is 4.14. The van der Waals surface area contributed by atoms with Gasteiger partial charge in [-0.3, -0.25) is 9.69 Å². The second-order valence-corrected chi connectivity index (χ2v) is 8.65. The predicted molar refractivity (Wildman–Crippen MR) is 130 cm³/mol. The van der Waals surface area contributed by atoms with Gasteiger partial charge in [-0.05, 0) is 34.1 Å². The predicted octanol–water partition coefficient (Wildman–Crippen LogP) is 3.78. The number of hydrogen-bond donors (Lipinski definition) is 0. The number of halogens is 1. The molecular weight excluding hydrogens is 484 g/mol. The van der Waals surface area contributed by atoms with Gasteiger partial charge in [-0.15, -0.1) is 0 Å². The fraction of sp³-hybridized carbons (Fsp3) is 0.250. The summed E-state index contributed by atoms with van der Waals surface area (Å²) in [5, 5.41) is 1.01. The minimum atomic E-state index is -0.357. The van der Waals surface area contributed by atoms with Crippen molar-refractivity contribution < 1.29 is 9.53 Å². The average molecular weight is 507 g/mol. The lowest BCUT2D eigenvalue weighted by Gasteiger charge is -2.39. The van der Waals surface area contributed by atoms with Crippen molar-refractivity contribution in [2.75, 3.05) is 38.2 Å². The normalized spacial score (nSPS) is 15.5. The summed E-state index contributed by atoms with van der Waals surface area (Å²) in [5.74, 6) is 0. The van der Waals surface area contributed by atoms with Crippen LogP contribution in [-0.4, -0.2) is 64.0 Å². The zero-order chi connectivity index (χ0) is 22.8. The van der Waals surface area contributed by atoms with E-state index in [9.17, 15) is 4.79 Å². The van der Waals surface area contributed by atoms with E-state index in [1.807, 2.05) is 41.2 Å². The number of piperazine rings is 1. The first-order valence-electron chi connectivity index (χ1n) is 10.7. The number of carbonyl (C=O) groups is 1. The third-order valence-electron chi connectivity index (χ3n) is 6.03. The molecular formula is C24H23BrN6O2. The lowest BCUT2D eigenvalue weighted by atomic mass is 10.1. The smallest absolute Gasteiger partial charge is 0.316 e. The van der Waals surface area contributed by atoms with E-state index in [0.29, 0.717) is 6.01 Å². The van der Waals surface area contributed by atoms with Gasteiger partial charge in [0.05, 0.1) is 12.6 Å². The van der Waals surface area contributed by atoms with E-state index in [-0.39, 0.29) is 6.17 Å². The van der Waals surface area contributed by atoms with Gasteiger partial charge in [0, 0.05) is 73.2 Å². The van der Waals surface area contributed by atoms with Gasteiger partial charge in [0.2, 0.25) is 0 Å². The number of fused-ring (bicyclic) bond motifs is 1. The number of nitrogens with zero attached hydrogens (tertiary/aromatic N) is 6. The third-order valence-corrected chi connectivity index (χ3v) is 6.47. The number of aromatic nitrogens is 4. The first kappa shape index (κ1) is 21.5. The van der Waals surface area contributed by atoms with Crippen molar-refractivity contribution in [3.05, 3.63) is 65.8 Å². The van der Waals surface area contributed by atoms with Crippen molar-refractivity contribution >= 4 is 38.8 Å². The summed E-state index contributed by atoms with van der Waals surface area (Å²) in [6, 6.07) is 12.6. The van der Waals surface area contributed by atoms with E-state index in [1.54, 1.807) is 19.5 Å². The van der Waals surface area contributed by atoms with Crippen molar-refractivity contribution in [2.45, 2.75) is 6.17 Å². The van der Waals surface area contributed by atoms with Gasteiger partial charge >= 0.3 is 6.01 Å². The Balaban J connectivity index is 1.36. The maximum atomic E-state index is 12.1. The Bertz CT molecular complexity index is 1270. The number of methoxy groups -OCH3 is 1. The molecule has 1 aromatic carbocycles. The summed E-state index contributed by atoms with van der Waals surface area (Å²) in [4.78, 5) is 29.5. The molecule has 1 atom stereocenters. The summed E-state index contributed by atoms with van der Waals surface area (Å²) in [6.45, 7) is 3.15. The van der Waals surface area contributed by atoms with Crippen molar-refractivity contribution in [1.29, 1.82) is 0 Å². The highest BCUT2D eigenvalue weighted by Gasteiger charge is 2.26. The Morgan fingerprint density at radius 3 is 2.52 bits per heavy atom.